The van der Waals surface area contributed by atoms with E-state index >= 15 is 0 Å². The number of nitrogens with zero attached hydrogens (tertiary/aromatic N) is 1. The molecule has 0 bridgehead atoms. The lowest BCUT2D eigenvalue weighted by Gasteiger charge is -2.03. The summed E-state index contributed by atoms with van der Waals surface area (Å²) in [7, 11) is 0. The largest absolute Gasteiger partial charge is 0.235 e. The van der Waals surface area contributed by atoms with Crippen molar-refractivity contribution < 1.29 is 0 Å². The van der Waals surface area contributed by atoms with E-state index < -0.39 is 0 Å². The molecule has 0 amide bonds. The number of fused-ring (bicyclic) bond motifs is 1. The molecule has 72 valence electrons. The van der Waals surface area contributed by atoms with Crippen molar-refractivity contribution in [1.82, 2.24) is 4.98 Å². The van der Waals surface area contributed by atoms with Gasteiger partial charge in [-0.2, -0.15) is 0 Å². The number of halogens is 4. The average molecular weight is 311 g/mol. The molecule has 5 heteroatoms. The van der Waals surface area contributed by atoms with Gasteiger partial charge >= 0.3 is 0 Å². The highest BCUT2D eigenvalue weighted by atomic mass is 79.9. The fraction of sp³-hybridized carbons (Fsp3) is 0. The fourth-order valence-corrected chi connectivity index (χ4v) is 2.15. The SMILES string of the molecule is Clc1cc(Cl)c2cc(Br)c(Cl)nc2c1. The van der Waals surface area contributed by atoms with Crippen molar-refractivity contribution in [2.24, 2.45) is 0 Å². The molecule has 0 N–H and O–H groups in total. The summed E-state index contributed by atoms with van der Waals surface area (Å²) in [4.78, 5) is 4.15. The van der Waals surface area contributed by atoms with E-state index in [1.165, 1.54) is 0 Å². The minimum atomic E-state index is 0.399. The first-order valence-corrected chi connectivity index (χ1v) is 5.61. The Bertz CT molecular complexity index is 513. The van der Waals surface area contributed by atoms with Crippen LogP contribution in [0.4, 0.5) is 0 Å². The molecule has 0 radical (unpaired) electrons. The number of benzene rings is 1. The maximum atomic E-state index is 6.00. The number of hydrogen-bond acceptors (Lipinski definition) is 1. The Morgan fingerprint density at radius 3 is 2.50 bits per heavy atom. The number of hydrogen-bond donors (Lipinski definition) is 0. The highest BCUT2D eigenvalue weighted by molar-refractivity contribution is 9.10. The van der Waals surface area contributed by atoms with E-state index in [0.29, 0.717) is 20.7 Å². The van der Waals surface area contributed by atoms with Gasteiger partial charge < -0.3 is 0 Å². The van der Waals surface area contributed by atoms with E-state index in [9.17, 15) is 0 Å². The third-order valence-electron chi connectivity index (χ3n) is 1.76. The van der Waals surface area contributed by atoms with Crippen molar-refractivity contribution in [1.29, 1.82) is 0 Å². The minimum absolute atomic E-state index is 0.399. The second-order valence-electron chi connectivity index (χ2n) is 2.72. The Morgan fingerprint density at radius 1 is 1.07 bits per heavy atom. The molecule has 0 unspecified atom stereocenters. The topological polar surface area (TPSA) is 12.9 Å². The van der Waals surface area contributed by atoms with Crippen molar-refractivity contribution in [3.05, 3.63) is 37.9 Å². The van der Waals surface area contributed by atoms with Crippen molar-refractivity contribution in [3.8, 4) is 0 Å². The van der Waals surface area contributed by atoms with E-state index in [2.05, 4.69) is 20.9 Å². The van der Waals surface area contributed by atoms with E-state index in [0.717, 1.165) is 9.86 Å². The molecule has 14 heavy (non-hydrogen) atoms. The zero-order valence-electron chi connectivity index (χ0n) is 6.69. The second-order valence-corrected chi connectivity index (χ2v) is 4.77. The third-order valence-corrected chi connectivity index (χ3v) is 3.41. The van der Waals surface area contributed by atoms with Gasteiger partial charge in [-0.05, 0) is 34.1 Å². The van der Waals surface area contributed by atoms with Gasteiger partial charge in [-0.25, -0.2) is 4.98 Å². The zero-order valence-corrected chi connectivity index (χ0v) is 10.5. The molecule has 0 fully saturated rings. The molecule has 2 aromatic rings. The molecule has 1 aromatic heterocycles. The summed E-state index contributed by atoms with van der Waals surface area (Å²) in [5.41, 5.74) is 0.690. The first-order valence-electron chi connectivity index (χ1n) is 3.69. The van der Waals surface area contributed by atoms with Crippen LogP contribution in [0.1, 0.15) is 0 Å². The van der Waals surface area contributed by atoms with Crippen LogP contribution in [0.5, 0.6) is 0 Å². The number of rotatable bonds is 0. The molecule has 0 spiro atoms. The van der Waals surface area contributed by atoms with Crippen LogP contribution in [-0.4, -0.2) is 4.98 Å². The van der Waals surface area contributed by atoms with Gasteiger partial charge in [0.1, 0.15) is 5.15 Å². The van der Waals surface area contributed by atoms with Gasteiger partial charge in [0.25, 0.3) is 0 Å². The Balaban J connectivity index is 2.89. The Labute approximate surface area is 104 Å². The van der Waals surface area contributed by atoms with E-state index in [1.807, 2.05) is 6.07 Å². The smallest absolute Gasteiger partial charge is 0.143 e. The molecule has 0 aliphatic rings. The standard InChI is InChI=1S/C9H3BrCl3N/c10-6-3-5-7(12)1-4(11)2-8(5)14-9(6)13/h1-3H. The van der Waals surface area contributed by atoms with Crippen molar-refractivity contribution in [2.75, 3.05) is 0 Å². The molecular weight excluding hydrogens is 308 g/mol. The lowest BCUT2D eigenvalue weighted by atomic mass is 10.2. The van der Waals surface area contributed by atoms with Crippen LogP contribution in [0.2, 0.25) is 15.2 Å². The molecule has 1 aromatic carbocycles. The van der Waals surface area contributed by atoms with Crippen LogP contribution in [0.3, 0.4) is 0 Å². The molecule has 1 nitrogen and oxygen atoms in total. The van der Waals surface area contributed by atoms with Gasteiger partial charge in [-0.15, -0.1) is 0 Å². The molecule has 0 saturated carbocycles. The quantitative estimate of drug-likeness (QED) is 0.627. The van der Waals surface area contributed by atoms with Gasteiger partial charge in [0.05, 0.1) is 15.0 Å². The van der Waals surface area contributed by atoms with E-state index in [1.54, 1.807) is 12.1 Å². The monoisotopic (exact) mass is 309 g/mol. The zero-order chi connectivity index (χ0) is 10.3. The summed E-state index contributed by atoms with van der Waals surface area (Å²) in [6.07, 6.45) is 0. The van der Waals surface area contributed by atoms with E-state index in [4.69, 9.17) is 34.8 Å². The predicted octanol–water partition coefficient (Wildman–Crippen LogP) is 4.96. The Morgan fingerprint density at radius 2 is 1.79 bits per heavy atom. The summed E-state index contributed by atoms with van der Waals surface area (Å²) in [6.45, 7) is 0. The van der Waals surface area contributed by atoms with Crippen LogP contribution in [0.25, 0.3) is 10.9 Å². The van der Waals surface area contributed by atoms with Crippen LogP contribution in [-0.2, 0) is 0 Å². The van der Waals surface area contributed by atoms with Crippen LogP contribution < -0.4 is 0 Å². The summed E-state index contributed by atoms with van der Waals surface area (Å²) in [6, 6.07) is 5.22. The molecule has 1 heterocycles. The van der Waals surface area contributed by atoms with Gasteiger partial charge in [-0.1, -0.05) is 34.8 Å². The summed E-state index contributed by atoms with van der Waals surface area (Å²) in [5, 5.41) is 2.34. The second kappa shape index (κ2) is 3.86. The van der Waals surface area contributed by atoms with Gasteiger partial charge in [0, 0.05) is 10.4 Å². The minimum Gasteiger partial charge on any atom is -0.235 e. The highest BCUT2D eigenvalue weighted by Gasteiger charge is 2.06. The molecule has 0 atom stereocenters. The number of aromatic nitrogens is 1. The van der Waals surface area contributed by atoms with Crippen LogP contribution in [0, 0.1) is 0 Å². The van der Waals surface area contributed by atoms with Gasteiger partial charge in [0.15, 0.2) is 0 Å². The fourth-order valence-electron chi connectivity index (χ4n) is 1.15. The summed E-state index contributed by atoms with van der Waals surface area (Å²) < 4.78 is 0.718. The van der Waals surface area contributed by atoms with Gasteiger partial charge in [0.2, 0.25) is 0 Å². The molecule has 0 saturated heterocycles. The lowest BCUT2D eigenvalue weighted by Crippen LogP contribution is -1.83. The average Bonchev–Trinajstić information content (AvgIpc) is 2.08. The van der Waals surface area contributed by atoms with Crippen molar-refractivity contribution in [2.45, 2.75) is 0 Å². The van der Waals surface area contributed by atoms with Crippen molar-refractivity contribution >= 4 is 61.6 Å². The molecule has 0 aliphatic heterocycles. The highest BCUT2D eigenvalue weighted by Crippen LogP contribution is 2.31. The molecule has 2 rings (SSSR count). The third kappa shape index (κ3) is 1.84. The predicted molar refractivity (Wildman–Crippen MR) is 64.5 cm³/mol. The molecular formula is C9H3BrCl3N. The number of pyridine rings is 1. The Kier molecular flexibility index (Phi) is 2.89. The van der Waals surface area contributed by atoms with Gasteiger partial charge in [-0.3, -0.25) is 0 Å². The summed E-state index contributed by atoms with van der Waals surface area (Å²) in [5.74, 6) is 0. The normalized spacial score (nSPS) is 10.9. The van der Waals surface area contributed by atoms with Crippen molar-refractivity contribution in [3.63, 3.8) is 0 Å². The molecule has 0 aliphatic carbocycles. The maximum Gasteiger partial charge on any atom is 0.143 e. The van der Waals surface area contributed by atoms with Crippen LogP contribution in [0.15, 0.2) is 22.7 Å². The Hall–Kier alpha value is -0.0200. The first kappa shape index (κ1) is 10.5. The first-order chi connectivity index (χ1) is 6.58. The maximum absolute atomic E-state index is 6.00. The van der Waals surface area contributed by atoms with E-state index in [-0.39, 0.29) is 0 Å². The lowest BCUT2D eigenvalue weighted by molar-refractivity contribution is 1.39. The summed E-state index contributed by atoms with van der Waals surface area (Å²) >= 11 is 21.0. The van der Waals surface area contributed by atoms with Crippen LogP contribution >= 0.6 is 50.7 Å².